The van der Waals surface area contributed by atoms with E-state index in [1.54, 1.807) is 6.20 Å². The Labute approximate surface area is 117 Å². The highest BCUT2D eigenvalue weighted by molar-refractivity contribution is 5.93. The summed E-state index contributed by atoms with van der Waals surface area (Å²) in [5.74, 6) is 1.30. The second-order valence-corrected chi connectivity index (χ2v) is 4.73. The minimum atomic E-state index is 0.541. The number of para-hydroxylation sites is 1. The zero-order chi connectivity index (χ0) is 14.1. The van der Waals surface area contributed by atoms with E-state index in [0.29, 0.717) is 5.82 Å². The maximum Gasteiger partial charge on any atom is 0.131 e. The van der Waals surface area contributed by atoms with Crippen LogP contribution in [0.2, 0.25) is 0 Å². The molecule has 4 heteroatoms. The highest BCUT2D eigenvalue weighted by atomic mass is 15.0. The number of nitrogens with two attached hydrogens (primary N) is 1. The molecule has 0 amide bonds. The molecule has 2 N–H and O–H groups in total. The van der Waals surface area contributed by atoms with Gasteiger partial charge in [-0.1, -0.05) is 31.2 Å². The van der Waals surface area contributed by atoms with E-state index in [1.165, 1.54) is 0 Å². The summed E-state index contributed by atoms with van der Waals surface area (Å²) in [7, 11) is 0. The third-order valence-corrected chi connectivity index (χ3v) is 3.43. The monoisotopic (exact) mass is 264 g/mol. The fourth-order valence-electron chi connectivity index (χ4n) is 2.30. The fourth-order valence-corrected chi connectivity index (χ4v) is 2.30. The first-order valence-corrected chi connectivity index (χ1v) is 6.67. The van der Waals surface area contributed by atoms with Gasteiger partial charge in [0.25, 0.3) is 0 Å². The maximum absolute atomic E-state index is 6.01. The average Bonchev–Trinajstić information content (AvgIpc) is 2.49. The van der Waals surface area contributed by atoms with Crippen molar-refractivity contribution in [2.24, 2.45) is 0 Å². The van der Waals surface area contributed by atoms with Gasteiger partial charge in [0, 0.05) is 29.1 Å². The molecule has 2 heterocycles. The highest BCUT2D eigenvalue weighted by Gasteiger charge is 2.13. The minimum absolute atomic E-state index is 0.541. The zero-order valence-corrected chi connectivity index (χ0v) is 11.6. The first-order chi connectivity index (χ1) is 9.70. The van der Waals surface area contributed by atoms with Crippen LogP contribution in [0.1, 0.15) is 18.3 Å². The van der Waals surface area contributed by atoms with Crippen LogP contribution in [-0.4, -0.2) is 15.0 Å². The lowest BCUT2D eigenvalue weighted by Gasteiger charge is -2.11. The van der Waals surface area contributed by atoms with Crippen molar-refractivity contribution in [3.8, 4) is 11.3 Å². The number of nitrogen functional groups attached to an aromatic ring is 1. The molecule has 0 saturated carbocycles. The van der Waals surface area contributed by atoms with Crippen LogP contribution in [0.3, 0.4) is 0 Å². The third kappa shape index (κ3) is 1.99. The molecule has 0 radical (unpaired) electrons. The number of hydrogen-bond acceptors (Lipinski definition) is 4. The summed E-state index contributed by atoms with van der Waals surface area (Å²) in [6.45, 7) is 3.97. The fraction of sp³-hybridized carbons (Fsp3) is 0.188. The van der Waals surface area contributed by atoms with E-state index in [1.807, 2.05) is 44.2 Å². The lowest BCUT2D eigenvalue weighted by molar-refractivity contribution is 0.940. The maximum atomic E-state index is 6.01. The number of hydrogen-bond donors (Lipinski definition) is 1. The number of pyridine rings is 1. The molecule has 3 aromatic rings. The second-order valence-electron chi connectivity index (χ2n) is 4.73. The lowest BCUT2D eigenvalue weighted by Crippen LogP contribution is -2.04. The van der Waals surface area contributed by atoms with Crippen LogP contribution in [0.5, 0.6) is 0 Å². The average molecular weight is 264 g/mol. The van der Waals surface area contributed by atoms with Gasteiger partial charge in [-0.05, 0) is 13.0 Å². The quantitative estimate of drug-likeness (QED) is 0.772. The van der Waals surface area contributed by atoms with Crippen molar-refractivity contribution in [3.05, 3.63) is 47.9 Å². The number of aryl methyl sites for hydroxylation is 1. The van der Waals surface area contributed by atoms with Gasteiger partial charge in [-0.3, -0.25) is 4.98 Å². The zero-order valence-electron chi connectivity index (χ0n) is 11.6. The smallest absolute Gasteiger partial charge is 0.131 e. The summed E-state index contributed by atoms with van der Waals surface area (Å²) < 4.78 is 0. The molecule has 0 unspecified atom stereocenters. The SMILES string of the molecule is CCc1nc(N)c(C)c(-c2cccc3cccnc23)n1. The van der Waals surface area contributed by atoms with Crippen molar-refractivity contribution in [1.82, 2.24) is 15.0 Å². The first-order valence-electron chi connectivity index (χ1n) is 6.67. The Balaban J connectivity index is 2.33. The molecule has 4 nitrogen and oxygen atoms in total. The van der Waals surface area contributed by atoms with Gasteiger partial charge < -0.3 is 5.73 Å². The molecule has 0 atom stereocenters. The molecule has 0 aliphatic heterocycles. The van der Waals surface area contributed by atoms with Crippen molar-refractivity contribution in [2.75, 3.05) is 5.73 Å². The lowest BCUT2D eigenvalue weighted by atomic mass is 10.0. The number of aromatic nitrogens is 3. The summed E-state index contributed by atoms with van der Waals surface area (Å²) in [6, 6.07) is 10.1. The molecule has 0 spiro atoms. The molecule has 2 aromatic heterocycles. The summed E-state index contributed by atoms with van der Waals surface area (Å²) in [6.07, 6.45) is 2.56. The molecule has 0 aliphatic carbocycles. The van der Waals surface area contributed by atoms with Crippen LogP contribution < -0.4 is 5.73 Å². The Kier molecular flexibility index (Phi) is 3.06. The Morgan fingerprint density at radius 2 is 1.90 bits per heavy atom. The van der Waals surface area contributed by atoms with Crippen molar-refractivity contribution in [2.45, 2.75) is 20.3 Å². The molecule has 0 aliphatic rings. The van der Waals surface area contributed by atoms with Gasteiger partial charge in [-0.15, -0.1) is 0 Å². The normalized spacial score (nSPS) is 10.9. The second kappa shape index (κ2) is 4.89. The van der Waals surface area contributed by atoms with E-state index < -0.39 is 0 Å². The summed E-state index contributed by atoms with van der Waals surface area (Å²) >= 11 is 0. The third-order valence-electron chi connectivity index (χ3n) is 3.43. The van der Waals surface area contributed by atoms with Crippen LogP contribution in [0.15, 0.2) is 36.5 Å². The van der Waals surface area contributed by atoms with E-state index in [9.17, 15) is 0 Å². The van der Waals surface area contributed by atoms with Crippen molar-refractivity contribution in [1.29, 1.82) is 0 Å². The number of nitrogens with zero attached hydrogens (tertiary/aromatic N) is 3. The molecule has 0 bridgehead atoms. The number of anilines is 1. The van der Waals surface area contributed by atoms with Crippen molar-refractivity contribution >= 4 is 16.7 Å². The summed E-state index contributed by atoms with van der Waals surface area (Å²) in [4.78, 5) is 13.4. The van der Waals surface area contributed by atoms with Crippen LogP contribution in [-0.2, 0) is 6.42 Å². The van der Waals surface area contributed by atoms with Crippen LogP contribution in [0.4, 0.5) is 5.82 Å². The van der Waals surface area contributed by atoms with Crippen LogP contribution >= 0.6 is 0 Å². The predicted octanol–water partition coefficient (Wildman–Crippen LogP) is 3.14. The van der Waals surface area contributed by atoms with E-state index in [2.05, 4.69) is 15.0 Å². The van der Waals surface area contributed by atoms with Gasteiger partial charge in [-0.2, -0.15) is 0 Å². The molecular weight excluding hydrogens is 248 g/mol. The van der Waals surface area contributed by atoms with Gasteiger partial charge in [0.1, 0.15) is 11.6 Å². The molecule has 3 rings (SSSR count). The standard InChI is InChI=1S/C16H16N4/c1-3-13-19-14(10(2)16(17)20-13)12-8-4-6-11-7-5-9-18-15(11)12/h4-9H,3H2,1-2H3,(H2,17,19,20). The minimum Gasteiger partial charge on any atom is -0.383 e. The Hall–Kier alpha value is -2.49. The van der Waals surface area contributed by atoms with E-state index in [4.69, 9.17) is 5.73 Å². The van der Waals surface area contributed by atoms with Gasteiger partial charge in [0.05, 0.1) is 11.2 Å². The molecular formula is C16H16N4. The molecule has 1 aromatic carbocycles. The van der Waals surface area contributed by atoms with E-state index in [-0.39, 0.29) is 0 Å². The highest BCUT2D eigenvalue weighted by Crippen LogP contribution is 2.29. The van der Waals surface area contributed by atoms with Crippen molar-refractivity contribution in [3.63, 3.8) is 0 Å². The Morgan fingerprint density at radius 1 is 1.10 bits per heavy atom. The van der Waals surface area contributed by atoms with Crippen molar-refractivity contribution < 1.29 is 0 Å². The predicted molar refractivity (Wildman–Crippen MR) is 81.3 cm³/mol. The molecule has 0 fully saturated rings. The number of fused-ring (bicyclic) bond motifs is 1. The summed E-state index contributed by atoms with van der Waals surface area (Å²) in [5, 5.41) is 1.10. The van der Waals surface area contributed by atoms with Crippen LogP contribution in [0, 0.1) is 6.92 Å². The molecule has 20 heavy (non-hydrogen) atoms. The Morgan fingerprint density at radius 3 is 2.70 bits per heavy atom. The number of benzene rings is 1. The molecule has 0 saturated heterocycles. The largest absolute Gasteiger partial charge is 0.383 e. The van der Waals surface area contributed by atoms with Crippen LogP contribution in [0.25, 0.3) is 22.2 Å². The van der Waals surface area contributed by atoms with Gasteiger partial charge in [-0.25, -0.2) is 9.97 Å². The topological polar surface area (TPSA) is 64.7 Å². The first kappa shape index (κ1) is 12.5. The molecule has 100 valence electrons. The Bertz CT molecular complexity index is 775. The van der Waals surface area contributed by atoms with Gasteiger partial charge in [0.15, 0.2) is 0 Å². The van der Waals surface area contributed by atoms with Gasteiger partial charge in [0.2, 0.25) is 0 Å². The van der Waals surface area contributed by atoms with E-state index in [0.717, 1.165) is 40.0 Å². The summed E-state index contributed by atoms with van der Waals surface area (Å²) in [5.41, 5.74) is 9.73. The number of rotatable bonds is 2. The van der Waals surface area contributed by atoms with E-state index >= 15 is 0 Å². The van der Waals surface area contributed by atoms with Gasteiger partial charge >= 0.3 is 0 Å².